The van der Waals surface area contributed by atoms with Gasteiger partial charge in [-0.15, -0.1) is 0 Å². The molecule has 0 aromatic carbocycles. The van der Waals surface area contributed by atoms with E-state index in [4.69, 9.17) is 4.74 Å². The van der Waals surface area contributed by atoms with Crippen molar-refractivity contribution in [2.45, 2.75) is 25.9 Å². The lowest BCUT2D eigenvalue weighted by Crippen LogP contribution is -2.38. The summed E-state index contributed by atoms with van der Waals surface area (Å²) < 4.78 is 5.75. The van der Waals surface area contributed by atoms with Crippen LogP contribution >= 0.6 is 15.9 Å². The first kappa shape index (κ1) is 12.8. The molecule has 1 aliphatic heterocycles. The van der Waals surface area contributed by atoms with E-state index in [1.807, 2.05) is 12.3 Å². The minimum Gasteiger partial charge on any atom is -0.377 e. The highest BCUT2D eigenvalue weighted by Crippen LogP contribution is 2.22. The number of nitrogens with zero attached hydrogens (tertiary/aromatic N) is 2. The summed E-state index contributed by atoms with van der Waals surface area (Å²) in [6.45, 7) is 5.03. The highest BCUT2D eigenvalue weighted by molar-refractivity contribution is 9.09. The van der Waals surface area contributed by atoms with Crippen molar-refractivity contribution in [2.75, 3.05) is 29.9 Å². The van der Waals surface area contributed by atoms with Crippen LogP contribution in [0, 0.1) is 6.92 Å². The Balaban J connectivity index is 1.89. The molecule has 2 rings (SSSR count). The number of alkyl halides is 1. The molecule has 1 aliphatic rings. The molecule has 0 bridgehead atoms. The van der Waals surface area contributed by atoms with Crippen LogP contribution in [0.4, 0.5) is 5.82 Å². The molecule has 1 saturated heterocycles. The Morgan fingerprint density at radius 1 is 1.47 bits per heavy atom. The number of pyridine rings is 1. The molecule has 17 heavy (non-hydrogen) atoms. The number of hydrogen-bond donors (Lipinski definition) is 0. The predicted octanol–water partition coefficient (Wildman–Crippen LogP) is 2.77. The topological polar surface area (TPSA) is 25.4 Å². The fraction of sp³-hybridized carbons (Fsp3) is 0.615. The van der Waals surface area contributed by atoms with Gasteiger partial charge in [-0.05, 0) is 31.4 Å². The van der Waals surface area contributed by atoms with Crippen LogP contribution in [-0.2, 0) is 4.74 Å². The molecule has 0 unspecified atom stereocenters. The second-order valence-electron chi connectivity index (χ2n) is 4.39. The quantitative estimate of drug-likeness (QED) is 0.799. The molecule has 4 heteroatoms. The summed E-state index contributed by atoms with van der Waals surface area (Å²) in [4.78, 5) is 6.83. The van der Waals surface area contributed by atoms with Crippen molar-refractivity contribution in [3.8, 4) is 0 Å². The normalized spacial score (nSPS) is 17.4. The highest BCUT2D eigenvalue weighted by atomic mass is 79.9. The molecule has 0 saturated carbocycles. The van der Waals surface area contributed by atoms with Crippen LogP contribution < -0.4 is 4.90 Å². The molecule has 3 nitrogen and oxygen atoms in total. The highest BCUT2D eigenvalue weighted by Gasteiger charge is 2.21. The molecule has 0 radical (unpaired) electrons. The second kappa shape index (κ2) is 6.36. The molecular formula is C13H19BrN2O. The van der Waals surface area contributed by atoms with E-state index in [9.17, 15) is 0 Å². The number of anilines is 1. The van der Waals surface area contributed by atoms with Gasteiger partial charge in [0.25, 0.3) is 0 Å². The predicted molar refractivity (Wildman–Crippen MR) is 74.0 cm³/mol. The molecule has 1 fully saturated rings. The molecule has 0 spiro atoms. The molecule has 0 atom stereocenters. The monoisotopic (exact) mass is 298 g/mol. The van der Waals surface area contributed by atoms with Crippen LogP contribution in [0.2, 0.25) is 0 Å². The van der Waals surface area contributed by atoms with Gasteiger partial charge in [0.05, 0.1) is 12.7 Å². The largest absolute Gasteiger partial charge is 0.377 e. The van der Waals surface area contributed by atoms with E-state index in [-0.39, 0.29) is 0 Å². The SMILES string of the molecule is Cc1cccnc1N1CCC(OCCBr)CC1. The zero-order valence-corrected chi connectivity index (χ0v) is 11.8. The van der Waals surface area contributed by atoms with E-state index in [2.05, 4.69) is 38.8 Å². The van der Waals surface area contributed by atoms with Gasteiger partial charge in [0, 0.05) is 24.6 Å². The maximum Gasteiger partial charge on any atom is 0.131 e. The van der Waals surface area contributed by atoms with Gasteiger partial charge in [-0.1, -0.05) is 22.0 Å². The van der Waals surface area contributed by atoms with Crippen molar-refractivity contribution in [3.63, 3.8) is 0 Å². The Morgan fingerprint density at radius 3 is 2.88 bits per heavy atom. The maximum absolute atomic E-state index is 5.75. The van der Waals surface area contributed by atoms with Gasteiger partial charge < -0.3 is 9.64 Å². The Labute approximate surface area is 111 Å². The van der Waals surface area contributed by atoms with Crippen molar-refractivity contribution in [2.24, 2.45) is 0 Å². The second-order valence-corrected chi connectivity index (χ2v) is 5.18. The van der Waals surface area contributed by atoms with Crippen LogP contribution in [0.15, 0.2) is 18.3 Å². The number of halogens is 1. The molecule has 2 heterocycles. The van der Waals surface area contributed by atoms with Crippen LogP contribution in [0.3, 0.4) is 0 Å². The number of ether oxygens (including phenoxy) is 1. The zero-order valence-electron chi connectivity index (χ0n) is 10.2. The average molecular weight is 299 g/mol. The molecule has 1 aromatic heterocycles. The minimum absolute atomic E-state index is 0.424. The minimum atomic E-state index is 0.424. The zero-order chi connectivity index (χ0) is 12.1. The van der Waals surface area contributed by atoms with E-state index < -0.39 is 0 Å². The molecule has 0 aliphatic carbocycles. The lowest BCUT2D eigenvalue weighted by atomic mass is 10.1. The van der Waals surface area contributed by atoms with E-state index in [1.54, 1.807) is 0 Å². The summed E-state index contributed by atoms with van der Waals surface area (Å²) in [5.74, 6) is 1.13. The van der Waals surface area contributed by atoms with E-state index in [1.165, 1.54) is 5.56 Å². The molecule has 0 N–H and O–H groups in total. The first-order valence-corrected chi connectivity index (χ1v) is 7.27. The Hall–Kier alpha value is -0.610. The van der Waals surface area contributed by atoms with Gasteiger partial charge in [-0.3, -0.25) is 0 Å². The Morgan fingerprint density at radius 2 is 2.24 bits per heavy atom. The number of piperidine rings is 1. The fourth-order valence-electron chi connectivity index (χ4n) is 2.25. The van der Waals surface area contributed by atoms with Gasteiger partial charge in [-0.25, -0.2) is 4.98 Å². The van der Waals surface area contributed by atoms with E-state index >= 15 is 0 Å². The third kappa shape index (κ3) is 3.42. The lowest BCUT2D eigenvalue weighted by Gasteiger charge is -2.33. The third-order valence-corrected chi connectivity index (χ3v) is 3.48. The first-order valence-electron chi connectivity index (χ1n) is 6.15. The standard InChI is InChI=1S/C13H19BrN2O/c1-11-3-2-7-15-13(11)16-8-4-12(5-9-16)17-10-6-14/h2-3,7,12H,4-6,8-10H2,1H3. The molecular weight excluding hydrogens is 280 g/mol. The summed E-state index contributed by atoms with van der Waals surface area (Å²) in [6, 6.07) is 4.11. The van der Waals surface area contributed by atoms with Crippen molar-refractivity contribution in [1.82, 2.24) is 4.98 Å². The van der Waals surface area contributed by atoms with Gasteiger partial charge in [0.2, 0.25) is 0 Å². The lowest BCUT2D eigenvalue weighted by molar-refractivity contribution is 0.0480. The number of hydrogen-bond acceptors (Lipinski definition) is 3. The fourth-order valence-corrected chi connectivity index (χ4v) is 2.44. The van der Waals surface area contributed by atoms with E-state index in [0.717, 1.165) is 43.7 Å². The Kier molecular flexibility index (Phi) is 4.80. The summed E-state index contributed by atoms with van der Waals surface area (Å²) in [5, 5.41) is 0.923. The summed E-state index contributed by atoms with van der Waals surface area (Å²) >= 11 is 3.39. The number of aryl methyl sites for hydroxylation is 1. The van der Waals surface area contributed by atoms with E-state index in [0.29, 0.717) is 6.10 Å². The van der Waals surface area contributed by atoms with Gasteiger partial charge in [0.15, 0.2) is 0 Å². The number of aromatic nitrogens is 1. The Bertz CT molecular complexity index is 351. The van der Waals surface area contributed by atoms with Crippen LogP contribution in [0.5, 0.6) is 0 Å². The summed E-state index contributed by atoms with van der Waals surface area (Å²) in [5.41, 5.74) is 1.26. The van der Waals surface area contributed by atoms with Crippen molar-refractivity contribution >= 4 is 21.7 Å². The average Bonchev–Trinajstić information content (AvgIpc) is 2.38. The van der Waals surface area contributed by atoms with Crippen molar-refractivity contribution in [3.05, 3.63) is 23.9 Å². The summed E-state index contributed by atoms with van der Waals surface area (Å²) in [6.07, 6.45) is 4.50. The van der Waals surface area contributed by atoms with Crippen LogP contribution in [-0.4, -0.2) is 36.1 Å². The van der Waals surface area contributed by atoms with Crippen molar-refractivity contribution < 1.29 is 4.74 Å². The van der Waals surface area contributed by atoms with Gasteiger partial charge in [0.1, 0.15) is 5.82 Å². The van der Waals surface area contributed by atoms with Crippen LogP contribution in [0.1, 0.15) is 18.4 Å². The molecule has 1 aromatic rings. The summed E-state index contributed by atoms with van der Waals surface area (Å²) in [7, 11) is 0. The third-order valence-electron chi connectivity index (χ3n) is 3.15. The number of rotatable bonds is 4. The van der Waals surface area contributed by atoms with Gasteiger partial charge >= 0.3 is 0 Å². The maximum atomic E-state index is 5.75. The van der Waals surface area contributed by atoms with Crippen molar-refractivity contribution in [1.29, 1.82) is 0 Å². The smallest absolute Gasteiger partial charge is 0.131 e. The van der Waals surface area contributed by atoms with Gasteiger partial charge in [-0.2, -0.15) is 0 Å². The molecule has 0 amide bonds. The first-order chi connectivity index (χ1) is 8.31. The molecule has 94 valence electrons. The van der Waals surface area contributed by atoms with Crippen LogP contribution in [0.25, 0.3) is 0 Å².